The number of nitrogens with two attached hydrogens (primary N) is 1. The molecule has 3 heterocycles. The first-order valence-electron chi connectivity index (χ1n) is 18.6. The molecule has 3 N–H and O–H groups in total. The molecule has 7 rings (SSSR count). The highest BCUT2D eigenvalue weighted by molar-refractivity contribution is 6.08. The first kappa shape index (κ1) is 38.5. The van der Waals surface area contributed by atoms with Crippen molar-refractivity contribution >= 4 is 29.9 Å². The first-order valence-corrected chi connectivity index (χ1v) is 18.6. The summed E-state index contributed by atoms with van der Waals surface area (Å²) in [7, 11) is 0. The van der Waals surface area contributed by atoms with Crippen LogP contribution in [0.3, 0.4) is 0 Å². The molecular weight excluding hydrogens is 723 g/mol. The van der Waals surface area contributed by atoms with Crippen LogP contribution in [-0.4, -0.2) is 82.0 Å². The van der Waals surface area contributed by atoms with Crippen LogP contribution in [0, 0.1) is 0 Å². The van der Waals surface area contributed by atoms with Crippen LogP contribution < -0.4 is 11.1 Å². The largest absolute Gasteiger partial charge is 0.447 e. The van der Waals surface area contributed by atoms with E-state index in [2.05, 4.69) is 5.32 Å². The number of nitrogens with zero attached hydrogens (tertiary/aromatic N) is 3. The van der Waals surface area contributed by atoms with Crippen LogP contribution >= 0.6 is 0 Å². The summed E-state index contributed by atoms with van der Waals surface area (Å²) in [5.74, 6) is -2.02. The number of hydrogen-bond acceptors (Lipinski definition) is 6. The van der Waals surface area contributed by atoms with Crippen LogP contribution in [-0.2, 0) is 38.4 Å². The Balaban J connectivity index is 1.29. The molecular formula is C43H43F3N5O5+. The molecule has 3 aliphatic heterocycles. The van der Waals surface area contributed by atoms with Gasteiger partial charge in [-0.25, -0.2) is 9.59 Å². The van der Waals surface area contributed by atoms with Gasteiger partial charge in [0, 0.05) is 31.0 Å². The lowest BCUT2D eigenvalue weighted by atomic mass is 9.87. The number of rotatable bonds is 11. The Hall–Kier alpha value is -5.79. The van der Waals surface area contributed by atoms with Gasteiger partial charge in [-0.3, -0.25) is 19.0 Å². The molecule has 13 heteroatoms. The molecule has 4 aromatic rings. The third-order valence-electron chi connectivity index (χ3n) is 11.0. The van der Waals surface area contributed by atoms with Crippen molar-refractivity contribution in [3.8, 4) is 0 Å². The number of hydrogen-bond donors (Lipinski definition) is 2. The maximum absolute atomic E-state index is 15.3. The second kappa shape index (κ2) is 16.1. The number of likely N-dealkylation sites (tertiary alicyclic amines) is 2. The minimum atomic E-state index is -4.60. The van der Waals surface area contributed by atoms with Crippen molar-refractivity contribution in [3.63, 3.8) is 0 Å². The molecule has 3 aliphatic rings. The summed E-state index contributed by atoms with van der Waals surface area (Å²) >= 11 is 0. The fourth-order valence-corrected chi connectivity index (χ4v) is 7.97. The van der Waals surface area contributed by atoms with Crippen LogP contribution in [0.25, 0.3) is 6.08 Å². The molecule has 0 bridgehead atoms. The summed E-state index contributed by atoms with van der Waals surface area (Å²) in [6.45, 7) is 0.501. The molecule has 0 aliphatic carbocycles. The van der Waals surface area contributed by atoms with Crippen molar-refractivity contribution in [1.29, 1.82) is 0 Å². The van der Waals surface area contributed by atoms with Crippen LogP contribution in [0.2, 0.25) is 0 Å². The first-order chi connectivity index (χ1) is 26.9. The number of nitrogens with one attached hydrogen (secondary N) is 1. The normalized spacial score (nSPS) is 24.4. The molecule has 3 saturated heterocycles. The van der Waals surface area contributed by atoms with E-state index < -0.39 is 59.7 Å². The summed E-state index contributed by atoms with van der Waals surface area (Å²) in [4.78, 5) is 60.7. The summed E-state index contributed by atoms with van der Waals surface area (Å²) in [6.07, 6.45) is -0.847. The van der Waals surface area contributed by atoms with Crippen molar-refractivity contribution in [2.24, 2.45) is 5.73 Å². The van der Waals surface area contributed by atoms with E-state index in [0.717, 1.165) is 28.8 Å². The van der Waals surface area contributed by atoms with E-state index in [0.29, 0.717) is 25.9 Å². The molecule has 0 spiro atoms. The summed E-state index contributed by atoms with van der Waals surface area (Å²) in [5, 5.41) is 2.69. The molecule has 56 heavy (non-hydrogen) atoms. The predicted molar refractivity (Wildman–Crippen MR) is 202 cm³/mol. The maximum atomic E-state index is 15.3. The Kier molecular flexibility index (Phi) is 11.1. The highest BCUT2D eigenvalue weighted by Crippen LogP contribution is 2.40. The lowest BCUT2D eigenvalue weighted by Crippen LogP contribution is -2.78. The number of quaternary nitrogens is 1. The summed E-state index contributed by atoms with van der Waals surface area (Å²) < 4.78 is 46.1. The average Bonchev–Trinajstić information content (AvgIpc) is 3.58. The van der Waals surface area contributed by atoms with E-state index in [1.807, 2.05) is 91.0 Å². The van der Waals surface area contributed by atoms with E-state index >= 15 is 4.79 Å². The van der Waals surface area contributed by atoms with Gasteiger partial charge >= 0.3 is 18.2 Å². The average molecular weight is 767 g/mol. The SMILES string of the molecule is NC1CC[N+](Cc2ccccc2)(C(=O)C(C(=O)NCc2cccc(C(F)(F)F)c2)N2C(=O)[C@@H](N3C(=O)OC[C@@H]3c3ccccc3)[C@H]2/C=C/c2ccccc2)CC1. The third kappa shape index (κ3) is 7.96. The van der Waals surface area contributed by atoms with Crippen molar-refractivity contribution in [3.05, 3.63) is 149 Å². The highest BCUT2D eigenvalue weighted by atomic mass is 19.4. The quantitative estimate of drug-likeness (QED) is 0.113. The number of halogens is 3. The van der Waals surface area contributed by atoms with Gasteiger partial charge in [-0.05, 0) is 28.8 Å². The number of β-lactam (4-membered cyclic amide) rings is 1. The number of ether oxygens (including phenoxy) is 1. The van der Waals surface area contributed by atoms with Gasteiger partial charge < -0.3 is 20.7 Å². The van der Waals surface area contributed by atoms with Gasteiger partial charge in [-0.2, -0.15) is 13.2 Å². The van der Waals surface area contributed by atoms with Crippen LogP contribution in [0.1, 0.15) is 46.7 Å². The Labute approximate surface area is 322 Å². The van der Waals surface area contributed by atoms with Crippen LogP contribution in [0.5, 0.6) is 0 Å². The molecule has 4 amide bonds. The maximum Gasteiger partial charge on any atom is 0.416 e. The van der Waals surface area contributed by atoms with Crippen LogP contribution in [0.4, 0.5) is 18.0 Å². The van der Waals surface area contributed by atoms with Gasteiger partial charge in [0.15, 0.2) is 0 Å². The number of carbonyl (C=O) groups is 4. The highest BCUT2D eigenvalue weighted by Gasteiger charge is 2.62. The fourth-order valence-electron chi connectivity index (χ4n) is 7.97. The van der Waals surface area contributed by atoms with E-state index in [1.54, 1.807) is 12.2 Å². The van der Waals surface area contributed by atoms with E-state index in [9.17, 15) is 27.6 Å². The molecule has 290 valence electrons. The second-order valence-corrected chi connectivity index (χ2v) is 14.6. The third-order valence-corrected chi connectivity index (χ3v) is 11.0. The minimum Gasteiger partial charge on any atom is -0.447 e. The zero-order chi connectivity index (χ0) is 39.5. The van der Waals surface area contributed by atoms with Crippen molar-refractivity contribution in [2.75, 3.05) is 19.7 Å². The minimum absolute atomic E-state index is 0.00108. The fraction of sp³-hybridized carbons (Fsp3) is 0.302. The number of cyclic esters (lactones) is 1. The predicted octanol–water partition coefficient (Wildman–Crippen LogP) is 5.84. The zero-order valence-electron chi connectivity index (χ0n) is 30.6. The topological polar surface area (TPSA) is 122 Å². The molecule has 4 aromatic carbocycles. The van der Waals surface area contributed by atoms with Gasteiger partial charge in [0.05, 0.1) is 30.7 Å². The molecule has 10 nitrogen and oxygen atoms in total. The van der Waals surface area contributed by atoms with E-state index in [1.165, 1.54) is 21.9 Å². The van der Waals surface area contributed by atoms with E-state index in [-0.39, 0.29) is 35.8 Å². The number of amides is 4. The number of carbonyl (C=O) groups excluding carboxylic acids is 4. The molecule has 1 unspecified atom stereocenters. The molecule has 4 atom stereocenters. The zero-order valence-corrected chi connectivity index (χ0v) is 30.6. The smallest absolute Gasteiger partial charge is 0.416 e. The summed E-state index contributed by atoms with van der Waals surface area (Å²) in [5.41, 5.74) is 7.99. The second-order valence-electron chi connectivity index (χ2n) is 14.6. The standard InChI is InChI=1S/C43H42F3N5O5/c44-43(45,46)33-18-10-15-31(25-33)26-48-39(52)38(41(54)51(23-21-34(47)22-24-51)27-30-13-6-2-7-14-30)49-35(20-19-29-11-4-1-5-12-29)37(40(49)53)50-36(28-56-42(50)55)32-16-8-3-9-17-32/h1-20,25,34-38H,21-24,26-28,47H2/p+1/b20-19+/t34?,35-,36-,37+,38?,51?/m1/s1. The van der Waals surface area contributed by atoms with Gasteiger partial charge in [-0.1, -0.05) is 115 Å². The Morgan fingerprint density at radius 2 is 1.50 bits per heavy atom. The Morgan fingerprint density at radius 3 is 2.16 bits per heavy atom. The van der Waals surface area contributed by atoms with Gasteiger partial charge in [0.1, 0.15) is 19.2 Å². The number of benzene rings is 4. The van der Waals surface area contributed by atoms with Crippen molar-refractivity contribution < 1.29 is 41.6 Å². The number of alkyl halides is 3. The monoisotopic (exact) mass is 766 g/mol. The molecule has 0 radical (unpaired) electrons. The lowest BCUT2D eigenvalue weighted by molar-refractivity contribution is -0.873. The Morgan fingerprint density at radius 1 is 0.875 bits per heavy atom. The van der Waals surface area contributed by atoms with Crippen molar-refractivity contribution in [1.82, 2.24) is 15.1 Å². The lowest BCUT2D eigenvalue weighted by Gasteiger charge is -2.53. The number of piperidine rings is 1. The van der Waals surface area contributed by atoms with Gasteiger partial charge in [0.25, 0.3) is 5.91 Å². The Bertz CT molecular complexity index is 2070. The molecule has 0 saturated carbocycles. The summed E-state index contributed by atoms with van der Waals surface area (Å²) in [6, 6.07) is 27.8. The molecule has 0 aromatic heterocycles. The molecule has 3 fully saturated rings. The van der Waals surface area contributed by atoms with Gasteiger partial charge in [-0.15, -0.1) is 0 Å². The van der Waals surface area contributed by atoms with Crippen LogP contribution in [0.15, 0.2) is 121 Å². The van der Waals surface area contributed by atoms with Gasteiger partial charge in [0.2, 0.25) is 11.9 Å². The van der Waals surface area contributed by atoms with E-state index in [4.69, 9.17) is 10.5 Å². The van der Waals surface area contributed by atoms with Crippen molar-refractivity contribution in [2.45, 2.75) is 62.3 Å².